The molecule has 1 rings (SSSR count). The highest BCUT2D eigenvalue weighted by Crippen LogP contribution is 2.04. The highest BCUT2D eigenvalue weighted by atomic mass is 16.5. The number of rotatable bonds is 1. The molecule has 0 bridgehead atoms. The first-order chi connectivity index (χ1) is 5.83. The molecule has 0 saturated carbocycles. The van der Waals surface area contributed by atoms with E-state index in [9.17, 15) is 4.79 Å². The average molecular weight is 167 g/mol. The molecule has 0 spiro atoms. The summed E-state index contributed by atoms with van der Waals surface area (Å²) in [7, 11) is 0. The van der Waals surface area contributed by atoms with Crippen LogP contribution < -0.4 is 0 Å². The summed E-state index contributed by atoms with van der Waals surface area (Å²) in [6.45, 7) is 4.13. The van der Waals surface area contributed by atoms with E-state index in [2.05, 4.69) is 16.7 Å². The molecule has 3 nitrogen and oxygen atoms in total. The van der Waals surface area contributed by atoms with E-state index in [-0.39, 0.29) is 0 Å². The Morgan fingerprint density at radius 2 is 2.17 bits per heavy atom. The molecule has 0 aromatic carbocycles. The van der Waals surface area contributed by atoms with Crippen molar-refractivity contribution in [1.82, 2.24) is 4.90 Å². The number of ether oxygens (including phenoxy) is 1. The molecule has 0 amide bonds. The van der Waals surface area contributed by atoms with Crippen LogP contribution in [-0.4, -0.2) is 30.6 Å². The van der Waals surface area contributed by atoms with Gasteiger partial charge in [0.1, 0.15) is 0 Å². The molecule has 0 radical (unpaired) electrons. The quantitative estimate of drug-likeness (QED) is 0.423. The Kier molecular flexibility index (Phi) is 3.46. The third kappa shape index (κ3) is 2.83. The predicted octanol–water partition coefficient (Wildman–Crippen LogP) is 0.606. The molecule has 12 heavy (non-hydrogen) atoms. The molecule has 66 valence electrons. The van der Waals surface area contributed by atoms with Gasteiger partial charge in [-0.3, -0.25) is 0 Å². The van der Waals surface area contributed by atoms with Gasteiger partial charge >= 0.3 is 5.97 Å². The van der Waals surface area contributed by atoms with Crippen LogP contribution >= 0.6 is 0 Å². The topological polar surface area (TPSA) is 29.5 Å². The van der Waals surface area contributed by atoms with Crippen LogP contribution in [0.15, 0.2) is 0 Å². The van der Waals surface area contributed by atoms with Crippen LogP contribution in [0.2, 0.25) is 0 Å². The Morgan fingerprint density at radius 3 is 2.75 bits per heavy atom. The Morgan fingerprint density at radius 1 is 1.50 bits per heavy atom. The number of likely N-dealkylation sites (tertiary alicyclic amines) is 1. The van der Waals surface area contributed by atoms with Gasteiger partial charge in [-0.25, -0.2) is 4.79 Å². The average Bonchev–Trinajstić information content (AvgIpc) is 2.53. The van der Waals surface area contributed by atoms with Crippen LogP contribution in [0.5, 0.6) is 0 Å². The maximum Gasteiger partial charge on any atom is 0.386 e. The first-order valence-corrected chi connectivity index (χ1v) is 4.26. The van der Waals surface area contributed by atoms with Crippen molar-refractivity contribution in [3.63, 3.8) is 0 Å². The van der Waals surface area contributed by atoms with Gasteiger partial charge in [-0.1, -0.05) is 0 Å². The zero-order valence-corrected chi connectivity index (χ0v) is 7.30. The Labute approximate surface area is 72.7 Å². The van der Waals surface area contributed by atoms with Gasteiger partial charge in [-0.15, -0.1) is 0 Å². The number of carbonyl (C=O) groups is 1. The molecule has 0 unspecified atom stereocenters. The summed E-state index contributed by atoms with van der Waals surface area (Å²) < 4.78 is 4.66. The van der Waals surface area contributed by atoms with E-state index < -0.39 is 5.97 Å². The fourth-order valence-corrected chi connectivity index (χ4v) is 1.12. The predicted molar refractivity (Wildman–Crippen MR) is 45.2 cm³/mol. The fourth-order valence-electron chi connectivity index (χ4n) is 1.12. The second kappa shape index (κ2) is 4.66. The van der Waals surface area contributed by atoms with Gasteiger partial charge in [0.05, 0.1) is 6.61 Å². The van der Waals surface area contributed by atoms with Gasteiger partial charge in [-0.05, 0) is 19.8 Å². The van der Waals surface area contributed by atoms with E-state index in [0.717, 1.165) is 13.1 Å². The lowest BCUT2D eigenvalue weighted by Crippen LogP contribution is -2.12. The lowest BCUT2D eigenvalue weighted by Gasteiger charge is -2.04. The molecule has 1 aliphatic rings. The summed E-state index contributed by atoms with van der Waals surface area (Å²) in [5, 5.41) is 0. The molecule has 1 heterocycles. The molecule has 0 N–H and O–H groups in total. The summed E-state index contributed by atoms with van der Waals surface area (Å²) in [4.78, 5) is 12.7. The normalized spacial score (nSPS) is 15.2. The summed E-state index contributed by atoms with van der Waals surface area (Å²) in [5.74, 6) is 2.01. The van der Waals surface area contributed by atoms with Crippen molar-refractivity contribution in [3.8, 4) is 12.0 Å². The zero-order chi connectivity index (χ0) is 8.81. The molecule has 0 aromatic heterocycles. The summed E-state index contributed by atoms with van der Waals surface area (Å²) in [6.07, 6.45) is 2.36. The minimum absolute atomic E-state index is 0.396. The van der Waals surface area contributed by atoms with Gasteiger partial charge in [-0.2, -0.15) is 0 Å². The summed E-state index contributed by atoms with van der Waals surface area (Å²) >= 11 is 0. The fraction of sp³-hybridized carbons (Fsp3) is 0.667. The lowest BCUT2D eigenvalue weighted by molar-refractivity contribution is -0.136. The van der Waals surface area contributed by atoms with Gasteiger partial charge in [0.15, 0.2) is 0 Å². The standard InChI is InChI=1S/C9H13NO2/c1-2-12-9(11)5-8-10-6-3-4-7-10/h2-4,6-7H2,1H3. The molecule has 0 atom stereocenters. The van der Waals surface area contributed by atoms with Crippen molar-refractivity contribution in [2.45, 2.75) is 19.8 Å². The number of nitrogens with zero attached hydrogens (tertiary/aromatic N) is 1. The van der Waals surface area contributed by atoms with Crippen LogP contribution in [0.25, 0.3) is 0 Å². The highest BCUT2D eigenvalue weighted by molar-refractivity contribution is 5.88. The van der Waals surface area contributed by atoms with Crippen molar-refractivity contribution in [2.75, 3.05) is 19.7 Å². The van der Waals surface area contributed by atoms with Crippen molar-refractivity contribution in [2.24, 2.45) is 0 Å². The van der Waals surface area contributed by atoms with Crippen LogP contribution in [0, 0.1) is 12.0 Å². The van der Waals surface area contributed by atoms with Crippen molar-refractivity contribution >= 4 is 5.97 Å². The molecular weight excluding hydrogens is 154 g/mol. The molecule has 1 aliphatic heterocycles. The van der Waals surface area contributed by atoms with Gasteiger partial charge in [0.2, 0.25) is 0 Å². The largest absolute Gasteiger partial charge is 0.456 e. The monoisotopic (exact) mass is 167 g/mol. The smallest absolute Gasteiger partial charge is 0.386 e. The van der Waals surface area contributed by atoms with Crippen LogP contribution in [-0.2, 0) is 9.53 Å². The zero-order valence-electron chi connectivity index (χ0n) is 7.30. The van der Waals surface area contributed by atoms with Crippen LogP contribution in [0.3, 0.4) is 0 Å². The van der Waals surface area contributed by atoms with E-state index in [1.165, 1.54) is 12.8 Å². The molecule has 1 saturated heterocycles. The van der Waals surface area contributed by atoms with E-state index in [0.29, 0.717) is 6.61 Å². The van der Waals surface area contributed by atoms with E-state index >= 15 is 0 Å². The maximum absolute atomic E-state index is 10.8. The molecule has 3 heteroatoms. The molecule has 1 fully saturated rings. The Balaban J connectivity index is 2.30. The van der Waals surface area contributed by atoms with Crippen molar-refractivity contribution in [3.05, 3.63) is 0 Å². The van der Waals surface area contributed by atoms with Crippen molar-refractivity contribution < 1.29 is 9.53 Å². The number of esters is 1. The lowest BCUT2D eigenvalue weighted by atomic mass is 10.4. The van der Waals surface area contributed by atoms with E-state index in [4.69, 9.17) is 0 Å². The van der Waals surface area contributed by atoms with Gasteiger partial charge in [0, 0.05) is 25.1 Å². The first-order valence-electron chi connectivity index (χ1n) is 4.26. The Hall–Kier alpha value is -1.17. The van der Waals surface area contributed by atoms with Crippen molar-refractivity contribution in [1.29, 1.82) is 0 Å². The summed E-state index contributed by atoms with van der Waals surface area (Å²) in [5.41, 5.74) is 0. The number of hydrogen-bond donors (Lipinski definition) is 0. The Bertz CT molecular complexity index is 208. The van der Waals surface area contributed by atoms with Gasteiger partial charge < -0.3 is 9.64 Å². The van der Waals surface area contributed by atoms with E-state index in [1.807, 2.05) is 4.90 Å². The second-order valence-electron chi connectivity index (χ2n) is 2.65. The minimum Gasteiger partial charge on any atom is -0.456 e. The summed E-state index contributed by atoms with van der Waals surface area (Å²) in [6, 6.07) is 2.77. The number of hydrogen-bond acceptors (Lipinski definition) is 3. The molecular formula is C9H13NO2. The third-order valence-electron chi connectivity index (χ3n) is 1.70. The number of carbonyl (C=O) groups excluding carboxylic acids is 1. The highest BCUT2D eigenvalue weighted by Gasteiger charge is 2.06. The maximum atomic E-state index is 10.8. The van der Waals surface area contributed by atoms with E-state index in [1.54, 1.807) is 6.92 Å². The SMILES string of the molecule is CCOC(=O)C#CN1CCCC1. The van der Waals surface area contributed by atoms with Crippen LogP contribution in [0.1, 0.15) is 19.8 Å². The van der Waals surface area contributed by atoms with Crippen LogP contribution in [0.4, 0.5) is 0 Å². The van der Waals surface area contributed by atoms with Gasteiger partial charge in [0.25, 0.3) is 0 Å². The molecule has 0 aromatic rings. The third-order valence-corrected chi connectivity index (χ3v) is 1.70. The minimum atomic E-state index is -0.426. The molecule has 0 aliphatic carbocycles. The second-order valence-corrected chi connectivity index (χ2v) is 2.65. The first kappa shape index (κ1) is 8.92.